The van der Waals surface area contributed by atoms with Crippen LogP contribution in [0.2, 0.25) is 0 Å². The van der Waals surface area contributed by atoms with Gasteiger partial charge in [-0.25, -0.2) is 0 Å². The standard InChI is InChI=1S/C15H29N3S/c1-4-15(5-2)12-19-14(17-15)16-11-13(3)18-9-7-6-8-10-18/h13H,4-12H2,1-3H3,(H,16,17). The van der Waals surface area contributed by atoms with Crippen LogP contribution in [-0.2, 0) is 0 Å². The molecule has 0 spiro atoms. The Balaban J connectivity index is 1.82. The molecule has 0 aliphatic carbocycles. The molecule has 0 bridgehead atoms. The average Bonchev–Trinajstić information content (AvgIpc) is 2.90. The summed E-state index contributed by atoms with van der Waals surface area (Å²) in [5.41, 5.74) is 0.303. The van der Waals surface area contributed by atoms with Crippen LogP contribution in [0.4, 0.5) is 0 Å². The minimum Gasteiger partial charge on any atom is -0.359 e. The van der Waals surface area contributed by atoms with E-state index in [9.17, 15) is 0 Å². The lowest BCUT2D eigenvalue weighted by atomic mass is 9.96. The van der Waals surface area contributed by atoms with Gasteiger partial charge in [0.2, 0.25) is 0 Å². The predicted octanol–water partition coefficient (Wildman–Crippen LogP) is 3.11. The molecular weight excluding hydrogens is 254 g/mol. The summed E-state index contributed by atoms with van der Waals surface area (Å²) >= 11 is 1.91. The van der Waals surface area contributed by atoms with Crippen LogP contribution in [0, 0.1) is 0 Å². The first-order valence-electron chi connectivity index (χ1n) is 7.88. The molecule has 2 aliphatic heterocycles. The van der Waals surface area contributed by atoms with Gasteiger partial charge in [-0.1, -0.05) is 32.0 Å². The summed E-state index contributed by atoms with van der Waals surface area (Å²) in [6.45, 7) is 10.3. The van der Waals surface area contributed by atoms with Gasteiger partial charge in [-0.15, -0.1) is 0 Å². The van der Waals surface area contributed by atoms with E-state index in [2.05, 4.69) is 31.0 Å². The van der Waals surface area contributed by atoms with Crippen LogP contribution in [-0.4, -0.2) is 47.0 Å². The Morgan fingerprint density at radius 3 is 2.53 bits per heavy atom. The van der Waals surface area contributed by atoms with E-state index >= 15 is 0 Å². The lowest BCUT2D eigenvalue weighted by Gasteiger charge is -2.31. The molecule has 2 saturated heterocycles. The average molecular weight is 283 g/mol. The van der Waals surface area contributed by atoms with Gasteiger partial charge < -0.3 is 5.32 Å². The minimum atomic E-state index is 0.303. The minimum absolute atomic E-state index is 0.303. The summed E-state index contributed by atoms with van der Waals surface area (Å²) in [7, 11) is 0. The topological polar surface area (TPSA) is 27.6 Å². The maximum Gasteiger partial charge on any atom is 0.157 e. The molecule has 110 valence electrons. The van der Waals surface area contributed by atoms with Crippen molar-refractivity contribution in [2.75, 3.05) is 25.4 Å². The first kappa shape index (κ1) is 15.2. The molecular formula is C15H29N3S. The van der Waals surface area contributed by atoms with Crippen molar-refractivity contribution in [3.63, 3.8) is 0 Å². The van der Waals surface area contributed by atoms with Crippen molar-refractivity contribution >= 4 is 16.9 Å². The quantitative estimate of drug-likeness (QED) is 0.840. The Morgan fingerprint density at radius 2 is 1.95 bits per heavy atom. The number of nitrogens with one attached hydrogen (secondary N) is 1. The van der Waals surface area contributed by atoms with E-state index in [1.807, 2.05) is 11.8 Å². The Labute approximate surface area is 122 Å². The normalized spacial score (nSPS) is 27.4. The highest BCUT2D eigenvalue weighted by molar-refractivity contribution is 8.14. The molecule has 1 N–H and O–H groups in total. The molecule has 3 nitrogen and oxygen atoms in total. The highest BCUT2D eigenvalue weighted by Gasteiger charge is 2.33. The van der Waals surface area contributed by atoms with Crippen LogP contribution >= 0.6 is 11.8 Å². The number of likely N-dealkylation sites (tertiary alicyclic amines) is 1. The fourth-order valence-corrected chi connectivity index (χ4v) is 4.26. The predicted molar refractivity (Wildman–Crippen MR) is 86.1 cm³/mol. The fraction of sp³-hybridized carbons (Fsp3) is 0.933. The van der Waals surface area contributed by atoms with Gasteiger partial charge in [0.05, 0.1) is 6.54 Å². The van der Waals surface area contributed by atoms with Crippen molar-refractivity contribution in [3.8, 4) is 0 Å². The van der Waals surface area contributed by atoms with Gasteiger partial charge in [0.15, 0.2) is 5.17 Å². The van der Waals surface area contributed by atoms with Gasteiger partial charge in [0.1, 0.15) is 0 Å². The summed E-state index contributed by atoms with van der Waals surface area (Å²) in [4.78, 5) is 7.41. The number of hydrogen-bond acceptors (Lipinski definition) is 3. The highest BCUT2D eigenvalue weighted by atomic mass is 32.2. The molecule has 0 aromatic rings. The molecule has 19 heavy (non-hydrogen) atoms. The lowest BCUT2D eigenvalue weighted by Crippen LogP contribution is -2.43. The number of piperidine rings is 1. The van der Waals surface area contributed by atoms with Crippen LogP contribution in [0.25, 0.3) is 0 Å². The number of rotatable bonds is 5. The first-order valence-corrected chi connectivity index (χ1v) is 8.87. The molecule has 4 heteroatoms. The Morgan fingerprint density at radius 1 is 1.26 bits per heavy atom. The summed E-state index contributed by atoms with van der Waals surface area (Å²) < 4.78 is 0. The monoisotopic (exact) mass is 283 g/mol. The van der Waals surface area contributed by atoms with Crippen LogP contribution in [0.3, 0.4) is 0 Å². The van der Waals surface area contributed by atoms with E-state index in [-0.39, 0.29) is 0 Å². The number of aliphatic imine (C=N–C) groups is 1. The zero-order chi connectivity index (χ0) is 13.7. The second kappa shape index (κ2) is 6.98. The van der Waals surface area contributed by atoms with Crippen molar-refractivity contribution in [2.45, 2.75) is 64.5 Å². The summed E-state index contributed by atoms with van der Waals surface area (Å²) in [6, 6.07) is 0.591. The number of thioether (sulfide) groups is 1. The highest BCUT2D eigenvalue weighted by Crippen LogP contribution is 2.29. The number of amidine groups is 1. The molecule has 1 atom stereocenters. The first-order chi connectivity index (χ1) is 9.19. The zero-order valence-electron chi connectivity index (χ0n) is 12.7. The Kier molecular flexibility index (Phi) is 5.58. The second-order valence-corrected chi connectivity index (χ2v) is 6.96. The van der Waals surface area contributed by atoms with Gasteiger partial charge in [-0.2, -0.15) is 0 Å². The van der Waals surface area contributed by atoms with Crippen molar-refractivity contribution in [1.82, 2.24) is 10.2 Å². The van der Waals surface area contributed by atoms with E-state index in [1.54, 1.807) is 0 Å². The Bertz CT molecular complexity index is 307. The third kappa shape index (κ3) is 3.88. The van der Waals surface area contributed by atoms with Crippen molar-refractivity contribution in [2.24, 2.45) is 4.99 Å². The van der Waals surface area contributed by atoms with Crippen molar-refractivity contribution < 1.29 is 0 Å². The van der Waals surface area contributed by atoms with Crippen LogP contribution in [0.5, 0.6) is 0 Å². The van der Waals surface area contributed by atoms with E-state index in [0.29, 0.717) is 11.6 Å². The molecule has 0 radical (unpaired) electrons. The Hall–Kier alpha value is -0.220. The fourth-order valence-electron chi connectivity index (χ4n) is 2.91. The molecule has 2 fully saturated rings. The molecule has 0 aromatic carbocycles. The van der Waals surface area contributed by atoms with E-state index < -0.39 is 0 Å². The van der Waals surface area contributed by atoms with E-state index in [4.69, 9.17) is 4.99 Å². The van der Waals surface area contributed by atoms with Gasteiger partial charge >= 0.3 is 0 Å². The molecule has 2 heterocycles. The van der Waals surface area contributed by atoms with Gasteiger partial charge in [0.25, 0.3) is 0 Å². The largest absolute Gasteiger partial charge is 0.359 e. The van der Waals surface area contributed by atoms with Crippen molar-refractivity contribution in [3.05, 3.63) is 0 Å². The summed E-state index contributed by atoms with van der Waals surface area (Å²) in [5, 5.41) is 4.83. The molecule has 0 aromatic heterocycles. The second-order valence-electron chi connectivity index (χ2n) is 5.99. The van der Waals surface area contributed by atoms with Crippen molar-refractivity contribution in [1.29, 1.82) is 0 Å². The van der Waals surface area contributed by atoms with E-state index in [0.717, 1.165) is 6.54 Å². The SMILES string of the molecule is CCC1(CC)CSC(=NCC(C)N2CCCCC2)N1. The third-order valence-electron chi connectivity index (χ3n) is 4.72. The van der Waals surface area contributed by atoms with Gasteiger partial charge in [-0.3, -0.25) is 9.89 Å². The molecule has 2 rings (SSSR count). The smallest absolute Gasteiger partial charge is 0.157 e. The summed E-state index contributed by atoms with van der Waals surface area (Å²) in [6.07, 6.45) is 6.52. The third-order valence-corrected chi connectivity index (χ3v) is 5.93. The lowest BCUT2D eigenvalue weighted by molar-refractivity contribution is 0.178. The molecule has 2 aliphatic rings. The van der Waals surface area contributed by atoms with Gasteiger partial charge in [-0.05, 0) is 45.7 Å². The molecule has 0 amide bonds. The number of hydrogen-bond donors (Lipinski definition) is 1. The maximum absolute atomic E-state index is 4.82. The van der Waals surface area contributed by atoms with E-state index in [1.165, 1.54) is 56.1 Å². The zero-order valence-corrected chi connectivity index (χ0v) is 13.6. The van der Waals surface area contributed by atoms with Crippen LogP contribution in [0.15, 0.2) is 4.99 Å². The molecule has 0 saturated carbocycles. The van der Waals surface area contributed by atoms with Gasteiger partial charge in [0, 0.05) is 17.3 Å². The molecule has 1 unspecified atom stereocenters. The summed E-state index contributed by atoms with van der Waals surface area (Å²) in [5.74, 6) is 1.18. The maximum atomic E-state index is 4.82. The van der Waals surface area contributed by atoms with Crippen LogP contribution < -0.4 is 5.32 Å². The number of nitrogens with zero attached hydrogens (tertiary/aromatic N) is 2. The van der Waals surface area contributed by atoms with Crippen LogP contribution in [0.1, 0.15) is 52.9 Å².